The minimum atomic E-state index is -1.51. The molecular weight excluding hydrogens is 558 g/mol. The Labute approximate surface area is 245 Å². The summed E-state index contributed by atoms with van der Waals surface area (Å²) >= 11 is 0. The van der Waals surface area contributed by atoms with E-state index < -0.39 is 17.2 Å². The molecule has 7 nitrogen and oxygen atoms in total. The van der Waals surface area contributed by atoms with Crippen LogP contribution in [0.4, 0.5) is 0 Å². The van der Waals surface area contributed by atoms with Crippen LogP contribution in [0, 0.1) is 5.41 Å². The van der Waals surface area contributed by atoms with E-state index in [1.54, 1.807) is 12.1 Å². The maximum atomic E-state index is 9.63. The fourth-order valence-corrected chi connectivity index (χ4v) is 8.14. The predicted molar refractivity (Wildman–Crippen MR) is 160 cm³/mol. The van der Waals surface area contributed by atoms with E-state index in [1.165, 1.54) is 37.7 Å². The number of phenolic OH excluding ortho intramolecular Hbond substituents is 1. The van der Waals surface area contributed by atoms with E-state index in [0.29, 0.717) is 38.1 Å². The second kappa shape index (κ2) is 12.6. The smallest absolute Gasteiger partial charge is 0.397 e. The number of rotatable bonds is 7. The quantitative estimate of drug-likeness (QED) is 0.273. The zero-order valence-electron chi connectivity index (χ0n) is 23.7. The van der Waals surface area contributed by atoms with Crippen LogP contribution in [0.3, 0.4) is 0 Å². The molecule has 3 aromatic carbocycles. The minimum Gasteiger partial charge on any atom is -0.508 e. The van der Waals surface area contributed by atoms with Crippen LogP contribution in [0.2, 0.25) is 0 Å². The van der Waals surface area contributed by atoms with Crippen LogP contribution in [-0.2, 0) is 23.5 Å². The lowest BCUT2D eigenvalue weighted by Crippen LogP contribution is -2.45. The SMILES string of the molecule is CC(C)(c1ccc(O)cc1)c1ccc(OP2OCC3(CO2)COP(Oc2ccccc2C2CCCCC2)OC3)cc1. The summed E-state index contributed by atoms with van der Waals surface area (Å²) in [5.74, 6) is 2.39. The van der Waals surface area contributed by atoms with Gasteiger partial charge in [0.25, 0.3) is 0 Å². The Morgan fingerprint density at radius 1 is 0.707 bits per heavy atom. The van der Waals surface area contributed by atoms with Gasteiger partial charge in [-0.15, -0.1) is 0 Å². The highest BCUT2D eigenvalue weighted by molar-refractivity contribution is 7.42. The first kappa shape index (κ1) is 28.9. The monoisotopic (exact) mass is 596 g/mol. The lowest BCUT2D eigenvalue weighted by atomic mass is 9.78. The molecule has 41 heavy (non-hydrogen) atoms. The van der Waals surface area contributed by atoms with Crippen LogP contribution in [0.5, 0.6) is 17.2 Å². The van der Waals surface area contributed by atoms with Crippen molar-refractivity contribution in [2.75, 3.05) is 26.4 Å². The largest absolute Gasteiger partial charge is 0.508 e. The van der Waals surface area contributed by atoms with E-state index >= 15 is 0 Å². The summed E-state index contributed by atoms with van der Waals surface area (Å²) in [6.45, 7) is 6.10. The van der Waals surface area contributed by atoms with Gasteiger partial charge in [0.1, 0.15) is 17.2 Å². The van der Waals surface area contributed by atoms with Crippen molar-refractivity contribution in [1.29, 1.82) is 0 Å². The van der Waals surface area contributed by atoms with E-state index in [2.05, 4.69) is 38.1 Å². The van der Waals surface area contributed by atoms with Crippen molar-refractivity contribution in [2.45, 2.75) is 57.3 Å². The molecule has 3 fully saturated rings. The number of phenols is 1. The van der Waals surface area contributed by atoms with E-state index in [-0.39, 0.29) is 16.6 Å². The van der Waals surface area contributed by atoms with Crippen LogP contribution in [-0.4, -0.2) is 31.5 Å². The molecular formula is C32H38O7P2. The summed E-state index contributed by atoms with van der Waals surface area (Å²) in [7, 11) is -2.98. The second-order valence-electron chi connectivity index (χ2n) is 11.8. The number of para-hydroxylation sites is 1. The normalized spacial score (nSPS) is 25.6. The van der Waals surface area contributed by atoms with Gasteiger partial charge in [-0.05, 0) is 65.8 Å². The van der Waals surface area contributed by atoms with E-state index in [9.17, 15) is 5.11 Å². The van der Waals surface area contributed by atoms with E-state index in [0.717, 1.165) is 16.9 Å². The van der Waals surface area contributed by atoms with E-state index in [4.69, 9.17) is 27.1 Å². The number of benzene rings is 3. The molecule has 3 aromatic rings. The van der Waals surface area contributed by atoms with Crippen LogP contribution < -0.4 is 9.05 Å². The lowest BCUT2D eigenvalue weighted by molar-refractivity contribution is -0.0673. The van der Waals surface area contributed by atoms with Crippen molar-refractivity contribution >= 4 is 17.2 Å². The highest BCUT2D eigenvalue weighted by Gasteiger charge is 2.45. The number of aromatic hydroxyl groups is 1. The average Bonchev–Trinajstić information content (AvgIpc) is 3.01. The Morgan fingerprint density at radius 3 is 1.85 bits per heavy atom. The topological polar surface area (TPSA) is 75.6 Å². The molecule has 218 valence electrons. The summed E-state index contributed by atoms with van der Waals surface area (Å²) in [6, 6.07) is 23.7. The number of hydrogen-bond donors (Lipinski definition) is 1. The molecule has 0 aromatic heterocycles. The van der Waals surface area contributed by atoms with E-state index in [1.807, 2.05) is 36.4 Å². The summed E-state index contributed by atoms with van der Waals surface area (Å²) in [5, 5.41) is 9.63. The molecule has 9 heteroatoms. The first-order valence-electron chi connectivity index (χ1n) is 14.4. The van der Waals surface area contributed by atoms with Crippen molar-refractivity contribution < 1.29 is 32.2 Å². The molecule has 2 aliphatic heterocycles. The summed E-state index contributed by atoms with van der Waals surface area (Å²) < 4.78 is 36.4. The molecule has 1 saturated carbocycles. The van der Waals surface area contributed by atoms with Crippen molar-refractivity contribution in [2.24, 2.45) is 5.41 Å². The summed E-state index contributed by atoms with van der Waals surface area (Å²) in [4.78, 5) is 0. The van der Waals surface area contributed by atoms with Crippen LogP contribution >= 0.6 is 17.2 Å². The average molecular weight is 597 g/mol. The molecule has 1 N–H and O–H groups in total. The third-order valence-electron chi connectivity index (χ3n) is 8.39. The summed E-state index contributed by atoms with van der Waals surface area (Å²) in [5.41, 5.74) is 2.95. The standard InChI is InChI=1S/C32H38O7P2/c1-31(2,25-12-16-27(33)17-13-25)26-14-18-28(19-15-26)38-40-34-20-32(21-35-40)22-36-41(37-23-32)39-30-11-7-6-10-29(30)24-8-4-3-5-9-24/h6-7,10-19,24,33H,3-5,8-9,20-23H2,1-2H3. The minimum absolute atomic E-state index is 0.218. The Kier molecular flexibility index (Phi) is 8.83. The van der Waals surface area contributed by atoms with Gasteiger partial charge in [-0.2, -0.15) is 0 Å². The van der Waals surface area contributed by atoms with Gasteiger partial charge in [0.05, 0.1) is 31.8 Å². The highest BCUT2D eigenvalue weighted by atomic mass is 31.2. The molecule has 0 bridgehead atoms. The maximum Gasteiger partial charge on any atom is 0.397 e. The third-order valence-corrected chi connectivity index (χ3v) is 10.5. The van der Waals surface area contributed by atoms with Gasteiger partial charge < -0.3 is 32.2 Å². The molecule has 1 aliphatic carbocycles. The lowest BCUT2D eigenvalue weighted by Gasteiger charge is -2.41. The van der Waals surface area contributed by atoms with Crippen LogP contribution in [0.25, 0.3) is 0 Å². The van der Waals surface area contributed by atoms with Crippen molar-refractivity contribution in [3.05, 3.63) is 89.5 Å². The van der Waals surface area contributed by atoms with Crippen LogP contribution in [0.1, 0.15) is 68.6 Å². The zero-order valence-corrected chi connectivity index (χ0v) is 25.4. The van der Waals surface area contributed by atoms with Gasteiger partial charge in [-0.25, -0.2) is 0 Å². The molecule has 0 unspecified atom stereocenters. The van der Waals surface area contributed by atoms with Gasteiger partial charge in [0.15, 0.2) is 0 Å². The van der Waals surface area contributed by atoms with Crippen LogP contribution in [0.15, 0.2) is 72.8 Å². The first-order valence-corrected chi connectivity index (χ1v) is 16.6. The summed E-state index contributed by atoms with van der Waals surface area (Å²) in [6.07, 6.45) is 6.31. The van der Waals surface area contributed by atoms with Crippen molar-refractivity contribution in [3.8, 4) is 17.2 Å². The second-order valence-corrected chi connectivity index (χ2v) is 14.1. The Morgan fingerprint density at radius 2 is 1.24 bits per heavy atom. The fraction of sp³-hybridized carbons (Fsp3) is 0.438. The van der Waals surface area contributed by atoms with Gasteiger partial charge in [0.2, 0.25) is 0 Å². The molecule has 1 spiro atoms. The Balaban J connectivity index is 0.990. The first-order chi connectivity index (χ1) is 19.9. The Hall–Kier alpha value is -2.24. The van der Waals surface area contributed by atoms with Gasteiger partial charge >= 0.3 is 17.2 Å². The fourth-order valence-electron chi connectivity index (χ4n) is 5.65. The molecule has 2 heterocycles. The van der Waals surface area contributed by atoms with Crippen molar-refractivity contribution in [3.63, 3.8) is 0 Å². The number of hydrogen-bond acceptors (Lipinski definition) is 7. The molecule has 0 amide bonds. The van der Waals surface area contributed by atoms with Crippen molar-refractivity contribution in [1.82, 2.24) is 0 Å². The van der Waals surface area contributed by atoms with Gasteiger partial charge in [-0.1, -0.05) is 75.6 Å². The molecule has 6 rings (SSSR count). The Bertz CT molecular complexity index is 1270. The molecule has 2 saturated heterocycles. The molecule has 0 atom stereocenters. The molecule has 0 radical (unpaired) electrons. The molecule has 3 aliphatic rings. The van der Waals surface area contributed by atoms with Gasteiger partial charge in [0, 0.05) is 5.41 Å². The van der Waals surface area contributed by atoms with Gasteiger partial charge in [-0.3, -0.25) is 0 Å². The highest BCUT2D eigenvalue weighted by Crippen LogP contribution is 2.54. The predicted octanol–water partition coefficient (Wildman–Crippen LogP) is 8.76. The third kappa shape index (κ3) is 6.72. The zero-order chi connectivity index (χ0) is 28.3. The maximum absolute atomic E-state index is 9.63.